The first-order valence-electron chi connectivity index (χ1n) is 12.7. The number of nitrogens with one attached hydrogen (secondary N) is 1. The smallest absolute Gasteiger partial charge is 0.264 e. The van der Waals surface area contributed by atoms with Gasteiger partial charge in [0.25, 0.3) is 10.0 Å². The van der Waals surface area contributed by atoms with Gasteiger partial charge in [-0.15, -0.1) is 0 Å². The number of halogens is 2. The molecule has 0 saturated heterocycles. The van der Waals surface area contributed by atoms with Crippen molar-refractivity contribution in [3.05, 3.63) is 94.8 Å². The standard InChI is InChI=1S/C29H33ClFN3O4S/c1-4-18-32-29(36)26(5-2)33(19-22-14-16-23(31)17-15-22)28(35)20-34(27-13-9-12-25(30)21(27)3)39(37,38)24-10-7-6-8-11-24/h6-17,26H,4-5,18-20H2,1-3H3,(H,32,36)/t26-/m1/s1. The van der Waals surface area contributed by atoms with Gasteiger partial charge in [-0.1, -0.05) is 61.8 Å². The molecule has 0 saturated carbocycles. The minimum Gasteiger partial charge on any atom is -0.354 e. The Hall–Kier alpha value is -3.43. The Morgan fingerprint density at radius 3 is 2.26 bits per heavy atom. The molecule has 0 bridgehead atoms. The van der Waals surface area contributed by atoms with Gasteiger partial charge in [-0.2, -0.15) is 0 Å². The Morgan fingerprint density at radius 1 is 0.974 bits per heavy atom. The van der Waals surface area contributed by atoms with Gasteiger partial charge < -0.3 is 10.2 Å². The highest BCUT2D eigenvalue weighted by Gasteiger charge is 2.34. The number of sulfonamides is 1. The third kappa shape index (κ3) is 7.36. The minimum atomic E-state index is -4.19. The summed E-state index contributed by atoms with van der Waals surface area (Å²) in [5.41, 5.74) is 1.34. The van der Waals surface area contributed by atoms with E-state index in [1.807, 2.05) is 6.92 Å². The van der Waals surface area contributed by atoms with E-state index in [1.165, 1.54) is 41.3 Å². The number of carbonyl (C=O) groups is 2. The van der Waals surface area contributed by atoms with Crippen molar-refractivity contribution in [1.82, 2.24) is 10.2 Å². The van der Waals surface area contributed by atoms with E-state index in [2.05, 4.69) is 5.32 Å². The highest BCUT2D eigenvalue weighted by Crippen LogP contribution is 2.31. The summed E-state index contributed by atoms with van der Waals surface area (Å²) in [6, 6.07) is 17.4. The topological polar surface area (TPSA) is 86.8 Å². The number of amides is 2. The minimum absolute atomic E-state index is 0.00901. The number of hydrogen-bond donors (Lipinski definition) is 1. The summed E-state index contributed by atoms with van der Waals surface area (Å²) in [5.74, 6) is -1.36. The first-order chi connectivity index (χ1) is 18.6. The number of anilines is 1. The first-order valence-corrected chi connectivity index (χ1v) is 14.6. The Bertz CT molecular complexity index is 1390. The molecular formula is C29H33ClFN3O4S. The molecule has 0 unspecified atom stereocenters. The van der Waals surface area contributed by atoms with E-state index < -0.39 is 34.3 Å². The molecule has 1 atom stereocenters. The van der Waals surface area contributed by atoms with Crippen LogP contribution in [0.5, 0.6) is 0 Å². The van der Waals surface area contributed by atoms with E-state index >= 15 is 0 Å². The summed E-state index contributed by atoms with van der Waals surface area (Å²) < 4.78 is 42.3. The van der Waals surface area contributed by atoms with Crippen LogP contribution in [-0.2, 0) is 26.2 Å². The predicted molar refractivity (Wildman–Crippen MR) is 151 cm³/mol. The maximum Gasteiger partial charge on any atom is 0.264 e. The SMILES string of the molecule is CCCNC(=O)[C@@H](CC)N(Cc1ccc(F)cc1)C(=O)CN(c1cccc(Cl)c1C)S(=O)(=O)c1ccccc1. The van der Waals surface area contributed by atoms with Crippen molar-refractivity contribution in [3.8, 4) is 0 Å². The summed E-state index contributed by atoms with van der Waals surface area (Å²) in [4.78, 5) is 28.4. The van der Waals surface area contributed by atoms with E-state index in [0.717, 1.165) is 4.31 Å². The molecule has 10 heteroatoms. The number of rotatable bonds is 12. The van der Waals surface area contributed by atoms with Crippen molar-refractivity contribution >= 4 is 39.1 Å². The molecule has 3 aromatic carbocycles. The molecule has 1 N–H and O–H groups in total. The maximum absolute atomic E-state index is 14.0. The quantitative estimate of drug-likeness (QED) is 0.318. The fourth-order valence-corrected chi connectivity index (χ4v) is 5.83. The molecule has 0 aliphatic heterocycles. The van der Waals surface area contributed by atoms with Gasteiger partial charge >= 0.3 is 0 Å². The van der Waals surface area contributed by atoms with Gasteiger partial charge in [-0.3, -0.25) is 13.9 Å². The molecule has 2 amide bonds. The summed E-state index contributed by atoms with van der Waals surface area (Å²) in [7, 11) is -4.19. The number of carbonyl (C=O) groups excluding carboxylic acids is 2. The van der Waals surface area contributed by atoms with Gasteiger partial charge in [-0.05, 0) is 67.3 Å². The molecule has 7 nitrogen and oxygen atoms in total. The fourth-order valence-electron chi connectivity index (χ4n) is 4.17. The zero-order valence-corrected chi connectivity index (χ0v) is 23.8. The van der Waals surface area contributed by atoms with Gasteiger partial charge in [0.15, 0.2) is 0 Å². The Labute approximate surface area is 234 Å². The predicted octanol–water partition coefficient (Wildman–Crippen LogP) is 5.32. The molecule has 0 heterocycles. The van der Waals surface area contributed by atoms with E-state index in [0.29, 0.717) is 35.5 Å². The summed E-state index contributed by atoms with van der Waals surface area (Å²) in [5, 5.41) is 3.18. The van der Waals surface area contributed by atoms with E-state index in [9.17, 15) is 22.4 Å². The number of benzene rings is 3. The summed E-state index contributed by atoms with van der Waals surface area (Å²) >= 11 is 6.34. The lowest BCUT2D eigenvalue weighted by molar-refractivity contribution is -0.140. The van der Waals surface area contributed by atoms with Crippen LogP contribution in [0.25, 0.3) is 0 Å². The molecular weight excluding hydrogens is 541 g/mol. The molecule has 208 valence electrons. The molecule has 39 heavy (non-hydrogen) atoms. The number of hydrogen-bond acceptors (Lipinski definition) is 4. The maximum atomic E-state index is 14.0. The second-order valence-corrected chi connectivity index (χ2v) is 11.3. The summed E-state index contributed by atoms with van der Waals surface area (Å²) in [6.45, 7) is 5.23. The highest BCUT2D eigenvalue weighted by atomic mass is 35.5. The Morgan fingerprint density at radius 2 is 1.64 bits per heavy atom. The molecule has 0 radical (unpaired) electrons. The zero-order valence-electron chi connectivity index (χ0n) is 22.2. The van der Waals surface area contributed by atoms with E-state index in [-0.39, 0.29) is 23.0 Å². The molecule has 0 aliphatic carbocycles. The van der Waals surface area contributed by atoms with Crippen LogP contribution in [0.4, 0.5) is 10.1 Å². The molecule has 0 aromatic heterocycles. The molecule has 3 rings (SSSR count). The molecule has 0 spiro atoms. The summed E-state index contributed by atoms with van der Waals surface area (Å²) in [6.07, 6.45) is 1.01. The van der Waals surface area contributed by atoms with Crippen molar-refractivity contribution in [2.75, 3.05) is 17.4 Å². The van der Waals surface area contributed by atoms with Gasteiger partial charge in [0.2, 0.25) is 11.8 Å². The monoisotopic (exact) mass is 573 g/mol. The first kappa shape index (κ1) is 30.1. The van der Waals surface area contributed by atoms with E-state index in [1.54, 1.807) is 50.2 Å². The van der Waals surface area contributed by atoms with Crippen molar-refractivity contribution < 1.29 is 22.4 Å². The second kappa shape index (κ2) is 13.6. The largest absolute Gasteiger partial charge is 0.354 e. The van der Waals surface area contributed by atoms with Crippen molar-refractivity contribution in [2.45, 2.75) is 51.1 Å². The van der Waals surface area contributed by atoms with Crippen LogP contribution in [0.15, 0.2) is 77.7 Å². The number of nitrogens with zero attached hydrogens (tertiary/aromatic N) is 2. The van der Waals surface area contributed by atoms with Crippen molar-refractivity contribution in [2.24, 2.45) is 0 Å². The lowest BCUT2D eigenvalue weighted by atomic mass is 10.1. The van der Waals surface area contributed by atoms with Gasteiger partial charge in [0.1, 0.15) is 18.4 Å². The average molecular weight is 574 g/mol. The third-order valence-corrected chi connectivity index (χ3v) is 8.50. The molecule has 0 fully saturated rings. The van der Waals surface area contributed by atoms with Crippen LogP contribution in [0.1, 0.15) is 37.8 Å². The normalized spacial score (nSPS) is 12.0. The zero-order chi connectivity index (χ0) is 28.6. The van der Waals surface area contributed by atoms with Gasteiger partial charge in [0, 0.05) is 18.1 Å². The average Bonchev–Trinajstić information content (AvgIpc) is 2.93. The van der Waals surface area contributed by atoms with Crippen LogP contribution in [0, 0.1) is 12.7 Å². The van der Waals surface area contributed by atoms with Crippen molar-refractivity contribution in [3.63, 3.8) is 0 Å². The van der Waals surface area contributed by atoms with Crippen LogP contribution in [0.2, 0.25) is 5.02 Å². The van der Waals surface area contributed by atoms with Gasteiger partial charge in [-0.25, -0.2) is 12.8 Å². The molecule has 0 aliphatic rings. The highest BCUT2D eigenvalue weighted by molar-refractivity contribution is 7.92. The van der Waals surface area contributed by atoms with Crippen LogP contribution in [-0.4, -0.2) is 44.3 Å². The van der Waals surface area contributed by atoms with Crippen molar-refractivity contribution in [1.29, 1.82) is 0 Å². The molecule has 3 aromatic rings. The van der Waals surface area contributed by atoms with Crippen LogP contribution >= 0.6 is 11.6 Å². The Balaban J connectivity index is 2.08. The van der Waals surface area contributed by atoms with Crippen LogP contribution < -0.4 is 9.62 Å². The third-order valence-electron chi connectivity index (χ3n) is 6.32. The van der Waals surface area contributed by atoms with Crippen LogP contribution in [0.3, 0.4) is 0 Å². The van der Waals surface area contributed by atoms with E-state index in [4.69, 9.17) is 11.6 Å². The fraction of sp³-hybridized carbons (Fsp3) is 0.310. The lowest BCUT2D eigenvalue weighted by Gasteiger charge is -2.33. The lowest BCUT2D eigenvalue weighted by Crippen LogP contribution is -2.52. The Kier molecular flexibility index (Phi) is 10.5. The van der Waals surface area contributed by atoms with Gasteiger partial charge in [0.05, 0.1) is 10.6 Å². The second-order valence-electron chi connectivity index (χ2n) is 9.07.